The van der Waals surface area contributed by atoms with Crippen LogP contribution in [-0.2, 0) is 0 Å². The number of halogens is 1. The van der Waals surface area contributed by atoms with Crippen LogP contribution in [-0.4, -0.2) is 15.0 Å². The fraction of sp³-hybridized carbons (Fsp3) is 0. The highest BCUT2D eigenvalue weighted by Crippen LogP contribution is 2.29. The Bertz CT molecular complexity index is 1280. The Hall–Kier alpha value is -2.86. The van der Waals surface area contributed by atoms with Gasteiger partial charge in [0.05, 0.1) is 0 Å². The van der Waals surface area contributed by atoms with Gasteiger partial charge in [0, 0.05) is 33.7 Å². The first-order valence-electron chi connectivity index (χ1n) is 8.67. The van der Waals surface area contributed by atoms with Gasteiger partial charge in [-0.3, -0.25) is 0 Å². The Morgan fingerprint density at radius 1 is 0.519 bits per heavy atom. The maximum Gasteiger partial charge on any atom is 0.194 e. The SMILES string of the molecule is Ic1nc(-c2ccccc2)nc(-c2ccc3c(ccc4ccccc43)c2)n1. The molecular formula is C23H14IN3. The molecule has 4 aromatic carbocycles. The molecular weight excluding hydrogens is 445 g/mol. The van der Waals surface area contributed by atoms with Crippen LogP contribution in [0.1, 0.15) is 0 Å². The van der Waals surface area contributed by atoms with Crippen molar-refractivity contribution in [1.82, 2.24) is 15.0 Å². The number of benzene rings is 4. The van der Waals surface area contributed by atoms with Gasteiger partial charge in [-0.2, -0.15) is 0 Å². The zero-order valence-corrected chi connectivity index (χ0v) is 16.5. The Morgan fingerprint density at radius 2 is 1.19 bits per heavy atom. The predicted octanol–water partition coefficient (Wildman–Crippen LogP) is 6.12. The van der Waals surface area contributed by atoms with Gasteiger partial charge in [0.2, 0.25) is 0 Å². The molecule has 27 heavy (non-hydrogen) atoms. The van der Waals surface area contributed by atoms with Crippen LogP contribution in [0.15, 0.2) is 84.9 Å². The normalized spacial score (nSPS) is 11.1. The molecule has 0 unspecified atom stereocenters. The highest BCUT2D eigenvalue weighted by molar-refractivity contribution is 14.1. The summed E-state index contributed by atoms with van der Waals surface area (Å²) in [7, 11) is 0. The van der Waals surface area contributed by atoms with Crippen molar-refractivity contribution in [3.8, 4) is 22.8 Å². The molecule has 0 bridgehead atoms. The van der Waals surface area contributed by atoms with Crippen molar-refractivity contribution in [2.24, 2.45) is 0 Å². The van der Waals surface area contributed by atoms with Crippen LogP contribution in [0.4, 0.5) is 0 Å². The Balaban J connectivity index is 1.67. The lowest BCUT2D eigenvalue weighted by molar-refractivity contribution is 1.02. The van der Waals surface area contributed by atoms with E-state index in [1.807, 2.05) is 30.3 Å². The second-order valence-electron chi connectivity index (χ2n) is 6.34. The molecule has 3 nitrogen and oxygen atoms in total. The zero-order valence-electron chi connectivity index (χ0n) is 14.3. The topological polar surface area (TPSA) is 38.7 Å². The van der Waals surface area contributed by atoms with Crippen LogP contribution >= 0.6 is 22.6 Å². The molecule has 0 amide bonds. The van der Waals surface area contributed by atoms with Crippen molar-refractivity contribution in [2.75, 3.05) is 0 Å². The van der Waals surface area contributed by atoms with E-state index in [0.717, 1.165) is 11.1 Å². The number of fused-ring (bicyclic) bond motifs is 3. The summed E-state index contributed by atoms with van der Waals surface area (Å²) in [5.74, 6) is 1.40. The number of aromatic nitrogens is 3. The molecule has 0 saturated heterocycles. The van der Waals surface area contributed by atoms with Crippen molar-refractivity contribution in [2.45, 2.75) is 0 Å². The Morgan fingerprint density at radius 3 is 2.04 bits per heavy atom. The van der Waals surface area contributed by atoms with Gasteiger partial charge in [0.15, 0.2) is 15.5 Å². The molecule has 0 aliphatic rings. The highest BCUT2D eigenvalue weighted by atomic mass is 127. The van der Waals surface area contributed by atoms with Gasteiger partial charge < -0.3 is 0 Å². The van der Waals surface area contributed by atoms with E-state index in [9.17, 15) is 0 Å². The lowest BCUT2D eigenvalue weighted by atomic mass is 10.00. The quantitative estimate of drug-likeness (QED) is 0.236. The lowest BCUT2D eigenvalue weighted by Gasteiger charge is -2.08. The van der Waals surface area contributed by atoms with Crippen molar-refractivity contribution >= 4 is 44.1 Å². The summed E-state index contributed by atoms with van der Waals surface area (Å²) in [6.45, 7) is 0. The second-order valence-corrected chi connectivity index (χ2v) is 7.31. The molecule has 5 rings (SSSR count). The maximum atomic E-state index is 4.72. The van der Waals surface area contributed by atoms with Crippen LogP contribution < -0.4 is 0 Å². The molecule has 0 atom stereocenters. The number of hydrogen-bond acceptors (Lipinski definition) is 3. The molecule has 0 spiro atoms. The number of hydrogen-bond donors (Lipinski definition) is 0. The van der Waals surface area contributed by atoms with Gasteiger partial charge in [0.25, 0.3) is 0 Å². The van der Waals surface area contributed by atoms with Gasteiger partial charge in [0.1, 0.15) is 0 Å². The molecule has 128 valence electrons. The van der Waals surface area contributed by atoms with Crippen LogP contribution in [0.2, 0.25) is 0 Å². The molecule has 0 fully saturated rings. The van der Waals surface area contributed by atoms with Gasteiger partial charge >= 0.3 is 0 Å². The molecule has 0 saturated carbocycles. The summed E-state index contributed by atoms with van der Waals surface area (Å²) in [5, 5.41) is 4.93. The van der Waals surface area contributed by atoms with Crippen LogP contribution in [0.25, 0.3) is 44.3 Å². The summed E-state index contributed by atoms with van der Waals surface area (Å²) in [4.78, 5) is 13.8. The molecule has 1 aromatic heterocycles. The molecule has 0 N–H and O–H groups in total. The Kier molecular flexibility index (Phi) is 4.05. The third-order valence-electron chi connectivity index (χ3n) is 4.64. The summed E-state index contributed by atoms with van der Waals surface area (Å²) in [6, 6.07) is 29.2. The van der Waals surface area contributed by atoms with Crippen LogP contribution in [0.5, 0.6) is 0 Å². The first-order valence-corrected chi connectivity index (χ1v) is 9.75. The van der Waals surface area contributed by atoms with Crippen LogP contribution in [0.3, 0.4) is 0 Å². The molecule has 4 heteroatoms. The monoisotopic (exact) mass is 459 g/mol. The van der Waals surface area contributed by atoms with Crippen molar-refractivity contribution in [1.29, 1.82) is 0 Å². The fourth-order valence-electron chi connectivity index (χ4n) is 3.35. The van der Waals surface area contributed by atoms with E-state index < -0.39 is 0 Å². The minimum atomic E-state index is 0.690. The van der Waals surface area contributed by atoms with E-state index in [-0.39, 0.29) is 0 Å². The van der Waals surface area contributed by atoms with E-state index in [4.69, 9.17) is 4.98 Å². The second kappa shape index (κ2) is 6.70. The predicted molar refractivity (Wildman–Crippen MR) is 118 cm³/mol. The lowest BCUT2D eigenvalue weighted by Crippen LogP contribution is -1.99. The number of nitrogens with zero attached hydrogens (tertiary/aromatic N) is 3. The summed E-state index contributed by atoms with van der Waals surface area (Å²) >= 11 is 2.15. The maximum absolute atomic E-state index is 4.72. The van der Waals surface area contributed by atoms with E-state index in [0.29, 0.717) is 15.5 Å². The van der Waals surface area contributed by atoms with Gasteiger partial charge in [-0.15, -0.1) is 0 Å². The molecule has 0 radical (unpaired) electrons. The minimum absolute atomic E-state index is 0.690. The van der Waals surface area contributed by atoms with Crippen molar-refractivity contribution in [3.05, 3.63) is 88.8 Å². The van der Waals surface area contributed by atoms with Crippen molar-refractivity contribution in [3.63, 3.8) is 0 Å². The molecule has 5 aromatic rings. The fourth-order valence-corrected chi connectivity index (χ4v) is 3.80. The molecule has 1 heterocycles. The zero-order chi connectivity index (χ0) is 18.2. The summed E-state index contributed by atoms with van der Waals surface area (Å²) in [6.07, 6.45) is 0. The van der Waals surface area contributed by atoms with E-state index in [1.165, 1.54) is 21.5 Å². The summed E-state index contributed by atoms with van der Waals surface area (Å²) in [5.41, 5.74) is 1.99. The first-order chi connectivity index (χ1) is 13.3. The van der Waals surface area contributed by atoms with Crippen LogP contribution in [0, 0.1) is 3.83 Å². The first kappa shape index (κ1) is 16.3. The third-order valence-corrected chi connectivity index (χ3v) is 5.13. The van der Waals surface area contributed by atoms with E-state index in [2.05, 4.69) is 87.2 Å². The standard InChI is InChI=1S/C23H14IN3/c24-23-26-21(16-7-2-1-3-8-16)25-22(27-23)18-12-13-20-17(14-18)11-10-15-6-4-5-9-19(15)20/h1-14H. The average Bonchev–Trinajstić information content (AvgIpc) is 2.73. The minimum Gasteiger partial charge on any atom is -0.208 e. The molecule has 0 aliphatic carbocycles. The smallest absolute Gasteiger partial charge is 0.194 e. The number of rotatable bonds is 2. The largest absolute Gasteiger partial charge is 0.208 e. The summed E-state index contributed by atoms with van der Waals surface area (Å²) < 4.78 is 0.690. The molecule has 0 aliphatic heterocycles. The van der Waals surface area contributed by atoms with Gasteiger partial charge in [-0.05, 0) is 27.6 Å². The average molecular weight is 459 g/mol. The van der Waals surface area contributed by atoms with Gasteiger partial charge in [-0.1, -0.05) is 78.9 Å². The highest BCUT2D eigenvalue weighted by Gasteiger charge is 2.10. The van der Waals surface area contributed by atoms with E-state index >= 15 is 0 Å². The van der Waals surface area contributed by atoms with E-state index in [1.54, 1.807) is 0 Å². The third kappa shape index (κ3) is 3.06. The Labute approximate surface area is 170 Å². The van der Waals surface area contributed by atoms with Crippen molar-refractivity contribution < 1.29 is 0 Å². The van der Waals surface area contributed by atoms with Gasteiger partial charge in [-0.25, -0.2) is 15.0 Å².